The molecule has 2 aliphatic heterocycles. The minimum atomic E-state index is -0.986. The van der Waals surface area contributed by atoms with E-state index in [-0.39, 0.29) is 12.5 Å². The molecular formula is C18H25NO6. The summed E-state index contributed by atoms with van der Waals surface area (Å²) in [4.78, 5) is 11.6. The Kier molecular flexibility index (Phi) is 5.02. The Morgan fingerprint density at radius 3 is 2.84 bits per heavy atom. The van der Waals surface area contributed by atoms with Crippen LogP contribution in [0.5, 0.6) is 5.75 Å². The van der Waals surface area contributed by atoms with Gasteiger partial charge in [0.2, 0.25) is 12.2 Å². The van der Waals surface area contributed by atoms with Crippen LogP contribution in [0.15, 0.2) is 24.3 Å². The van der Waals surface area contributed by atoms with Crippen LogP contribution >= 0.6 is 0 Å². The van der Waals surface area contributed by atoms with Crippen molar-refractivity contribution in [3.05, 3.63) is 29.8 Å². The standard InChI is InChI=1S/C18H25NO6/c1-10-6-5-7-12(8-10)23-17-14(19-11(2)20)15(21)16-13(24-17)9-22-18(3,4)25-16/h5-8,13-17,21H,9H2,1-4H3,(H,19,20)/t13-,14+,15+,16-,17-/m1/s1. The van der Waals surface area contributed by atoms with Crippen molar-refractivity contribution in [1.29, 1.82) is 0 Å². The number of ether oxygens (including phenoxy) is 4. The van der Waals surface area contributed by atoms with E-state index >= 15 is 0 Å². The molecular weight excluding hydrogens is 326 g/mol. The molecule has 25 heavy (non-hydrogen) atoms. The molecule has 2 aliphatic rings. The summed E-state index contributed by atoms with van der Waals surface area (Å²) in [5, 5.41) is 13.5. The summed E-state index contributed by atoms with van der Waals surface area (Å²) in [7, 11) is 0. The Balaban J connectivity index is 1.82. The molecule has 0 spiro atoms. The van der Waals surface area contributed by atoms with Gasteiger partial charge in [0, 0.05) is 6.92 Å². The van der Waals surface area contributed by atoms with E-state index in [0.717, 1.165) is 5.56 Å². The number of carbonyl (C=O) groups excluding carboxylic acids is 1. The lowest BCUT2D eigenvalue weighted by atomic mass is 9.95. The molecule has 7 nitrogen and oxygen atoms in total. The molecule has 5 atom stereocenters. The normalized spacial score (nSPS) is 34.0. The van der Waals surface area contributed by atoms with Crippen LogP contribution in [0.4, 0.5) is 0 Å². The second-order valence-electron chi connectivity index (χ2n) is 6.99. The third kappa shape index (κ3) is 4.12. The summed E-state index contributed by atoms with van der Waals surface area (Å²) >= 11 is 0. The van der Waals surface area contributed by atoms with Crippen molar-refractivity contribution in [3.63, 3.8) is 0 Å². The van der Waals surface area contributed by atoms with Crippen molar-refractivity contribution in [2.24, 2.45) is 0 Å². The van der Waals surface area contributed by atoms with Gasteiger partial charge in [0.25, 0.3) is 0 Å². The second-order valence-corrected chi connectivity index (χ2v) is 6.99. The van der Waals surface area contributed by atoms with Gasteiger partial charge in [0.15, 0.2) is 5.79 Å². The van der Waals surface area contributed by atoms with E-state index in [1.165, 1.54) is 6.92 Å². The van der Waals surface area contributed by atoms with Crippen molar-refractivity contribution in [2.75, 3.05) is 6.61 Å². The maximum atomic E-state index is 11.6. The highest BCUT2D eigenvalue weighted by Crippen LogP contribution is 2.33. The largest absolute Gasteiger partial charge is 0.463 e. The highest BCUT2D eigenvalue weighted by Gasteiger charge is 2.52. The van der Waals surface area contributed by atoms with Gasteiger partial charge >= 0.3 is 0 Å². The minimum absolute atomic E-state index is 0.273. The predicted molar refractivity (Wildman–Crippen MR) is 89.0 cm³/mol. The average Bonchev–Trinajstić information content (AvgIpc) is 2.51. The maximum Gasteiger partial charge on any atom is 0.223 e. The van der Waals surface area contributed by atoms with Gasteiger partial charge in [-0.3, -0.25) is 4.79 Å². The Hall–Kier alpha value is -1.67. The molecule has 138 valence electrons. The number of hydrogen-bond acceptors (Lipinski definition) is 6. The number of hydrogen-bond donors (Lipinski definition) is 2. The van der Waals surface area contributed by atoms with Crippen LogP contribution in [0.1, 0.15) is 26.3 Å². The van der Waals surface area contributed by atoms with Gasteiger partial charge in [-0.2, -0.15) is 0 Å². The molecule has 0 saturated carbocycles. The molecule has 1 aromatic rings. The van der Waals surface area contributed by atoms with Crippen molar-refractivity contribution in [3.8, 4) is 5.75 Å². The monoisotopic (exact) mass is 351 g/mol. The lowest BCUT2D eigenvalue weighted by molar-refractivity contribution is -0.361. The Bertz CT molecular complexity index is 634. The zero-order chi connectivity index (χ0) is 18.2. The van der Waals surface area contributed by atoms with Crippen LogP contribution in [0.25, 0.3) is 0 Å². The van der Waals surface area contributed by atoms with Gasteiger partial charge in [0.1, 0.15) is 30.1 Å². The summed E-state index contributed by atoms with van der Waals surface area (Å²) < 4.78 is 23.3. The molecule has 7 heteroatoms. The number of carbonyl (C=O) groups is 1. The first kappa shape index (κ1) is 18.1. The average molecular weight is 351 g/mol. The van der Waals surface area contributed by atoms with Gasteiger partial charge in [-0.1, -0.05) is 12.1 Å². The van der Waals surface area contributed by atoms with Crippen LogP contribution in [-0.4, -0.2) is 54.1 Å². The number of aryl methyl sites for hydroxylation is 1. The van der Waals surface area contributed by atoms with Crippen molar-refractivity contribution < 1.29 is 28.8 Å². The third-order valence-corrected chi connectivity index (χ3v) is 4.30. The Labute approximate surface area is 147 Å². The zero-order valence-corrected chi connectivity index (χ0v) is 14.9. The van der Waals surface area contributed by atoms with Gasteiger partial charge in [-0.25, -0.2) is 0 Å². The molecule has 0 aliphatic carbocycles. The van der Waals surface area contributed by atoms with Crippen LogP contribution in [0.2, 0.25) is 0 Å². The lowest BCUT2D eigenvalue weighted by Crippen LogP contribution is -2.69. The Morgan fingerprint density at radius 1 is 1.40 bits per heavy atom. The van der Waals surface area contributed by atoms with E-state index in [1.54, 1.807) is 19.9 Å². The molecule has 2 fully saturated rings. The summed E-state index contributed by atoms with van der Waals surface area (Å²) in [6.45, 7) is 7.17. The van der Waals surface area contributed by atoms with Gasteiger partial charge in [-0.15, -0.1) is 0 Å². The third-order valence-electron chi connectivity index (χ3n) is 4.30. The summed E-state index contributed by atoms with van der Waals surface area (Å²) in [5.41, 5.74) is 1.04. The molecule has 1 amide bonds. The van der Waals surface area contributed by atoms with Crippen molar-refractivity contribution in [1.82, 2.24) is 5.32 Å². The number of nitrogens with one attached hydrogen (secondary N) is 1. The van der Waals surface area contributed by atoms with Gasteiger partial charge in [-0.05, 0) is 38.5 Å². The number of fused-ring (bicyclic) bond motifs is 1. The summed E-state index contributed by atoms with van der Waals surface area (Å²) in [5.74, 6) is -0.504. The van der Waals surface area contributed by atoms with E-state index in [1.807, 2.05) is 25.1 Å². The Morgan fingerprint density at radius 2 is 2.16 bits per heavy atom. The molecule has 2 heterocycles. The van der Waals surface area contributed by atoms with Crippen LogP contribution in [-0.2, 0) is 19.0 Å². The molecule has 0 unspecified atom stereocenters. The molecule has 1 aromatic carbocycles. The maximum absolute atomic E-state index is 11.6. The second kappa shape index (κ2) is 6.92. The highest BCUT2D eigenvalue weighted by atomic mass is 16.8. The van der Waals surface area contributed by atoms with E-state index in [9.17, 15) is 9.90 Å². The first-order chi connectivity index (χ1) is 11.7. The van der Waals surface area contributed by atoms with Gasteiger partial charge in [0.05, 0.1) is 6.61 Å². The highest BCUT2D eigenvalue weighted by molar-refractivity contribution is 5.73. The van der Waals surface area contributed by atoms with Crippen molar-refractivity contribution >= 4 is 5.91 Å². The molecule has 0 aromatic heterocycles. The van der Waals surface area contributed by atoms with Crippen LogP contribution in [0, 0.1) is 6.92 Å². The minimum Gasteiger partial charge on any atom is -0.463 e. The van der Waals surface area contributed by atoms with Crippen LogP contribution in [0.3, 0.4) is 0 Å². The SMILES string of the molecule is CC(=O)N[C@@H]1[C@H](Oc2cccc(C)c2)O[C@@H]2COC(C)(C)O[C@H]2[C@H]1O. The number of benzene rings is 1. The fraction of sp³-hybridized carbons (Fsp3) is 0.611. The van der Waals surface area contributed by atoms with E-state index < -0.39 is 36.4 Å². The molecule has 2 saturated heterocycles. The van der Waals surface area contributed by atoms with Crippen molar-refractivity contribution in [2.45, 2.75) is 64.1 Å². The lowest BCUT2D eigenvalue weighted by Gasteiger charge is -2.49. The van der Waals surface area contributed by atoms with Gasteiger partial charge < -0.3 is 29.4 Å². The number of aliphatic hydroxyl groups excluding tert-OH is 1. The number of aliphatic hydroxyl groups is 1. The molecule has 2 N–H and O–H groups in total. The topological polar surface area (TPSA) is 86.3 Å². The van der Waals surface area contributed by atoms with E-state index in [0.29, 0.717) is 5.75 Å². The summed E-state index contributed by atoms with van der Waals surface area (Å²) in [6.07, 6.45) is -2.93. The van der Waals surface area contributed by atoms with Crippen LogP contribution < -0.4 is 10.1 Å². The molecule has 0 bridgehead atoms. The molecule has 0 radical (unpaired) electrons. The fourth-order valence-electron chi connectivity index (χ4n) is 3.16. The van der Waals surface area contributed by atoms with E-state index in [4.69, 9.17) is 18.9 Å². The number of amides is 1. The first-order valence-corrected chi connectivity index (χ1v) is 8.41. The fourth-order valence-corrected chi connectivity index (χ4v) is 3.16. The summed E-state index contributed by atoms with van der Waals surface area (Å²) in [6, 6.07) is 6.74. The zero-order valence-electron chi connectivity index (χ0n) is 14.9. The molecule has 3 rings (SSSR count). The first-order valence-electron chi connectivity index (χ1n) is 8.41. The quantitative estimate of drug-likeness (QED) is 0.849. The predicted octanol–water partition coefficient (Wildman–Crippen LogP) is 1.12. The van der Waals surface area contributed by atoms with E-state index in [2.05, 4.69) is 5.32 Å². The number of rotatable bonds is 3. The smallest absolute Gasteiger partial charge is 0.223 e.